The van der Waals surface area contributed by atoms with Crippen molar-refractivity contribution in [1.29, 1.82) is 0 Å². The molecule has 188 valence electrons. The summed E-state index contributed by atoms with van der Waals surface area (Å²) in [5.74, 6) is -0.607. The number of hydrogen-bond donors (Lipinski definition) is 4. The predicted octanol–water partition coefficient (Wildman–Crippen LogP) is 0.166. The van der Waals surface area contributed by atoms with Gasteiger partial charge in [0.15, 0.2) is 5.71 Å². The number of rotatable bonds is 8. The number of hydrogen-bond acceptors (Lipinski definition) is 11. The third-order valence-corrected chi connectivity index (χ3v) is 4.93. The van der Waals surface area contributed by atoms with Crippen molar-refractivity contribution in [2.75, 3.05) is 19.0 Å². The van der Waals surface area contributed by atoms with Gasteiger partial charge in [-0.05, 0) is 25.1 Å². The van der Waals surface area contributed by atoms with Crippen molar-refractivity contribution in [3.63, 3.8) is 0 Å². The first-order valence-corrected chi connectivity index (χ1v) is 10.3. The number of benzene rings is 2. The van der Waals surface area contributed by atoms with E-state index >= 15 is 0 Å². The number of anilines is 1. The second-order valence-electron chi connectivity index (χ2n) is 7.12. The molecule has 0 bridgehead atoms. The van der Waals surface area contributed by atoms with Gasteiger partial charge in [-0.1, -0.05) is 12.1 Å². The van der Waals surface area contributed by atoms with Crippen LogP contribution in [0.3, 0.4) is 0 Å². The zero-order valence-corrected chi connectivity index (χ0v) is 19.0. The van der Waals surface area contributed by atoms with E-state index in [2.05, 4.69) is 25.1 Å². The van der Waals surface area contributed by atoms with Crippen LogP contribution < -0.4 is 26.2 Å². The number of nitrogens with one attached hydrogen (secondary N) is 2. The molecular weight excluding hydrogens is 476 g/mol. The SMILES string of the molecule is CCOc1ccccc1NC(=O)C(=O)C(/C(=N\N)C(=O)OC)c1nc2ccc(=[N+]([O-])[O-])cc-2[nH]c1O. The molecule has 1 aliphatic carbocycles. The van der Waals surface area contributed by atoms with Crippen molar-refractivity contribution in [3.8, 4) is 23.0 Å². The Morgan fingerprint density at radius 1 is 1.25 bits per heavy atom. The number of methoxy groups -OCH3 is 1. The van der Waals surface area contributed by atoms with Crippen LogP contribution in [-0.2, 0) is 19.1 Å². The Kier molecular flexibility index (Phi) is 7.69. The number of carbonyl (C=O) groups excluding carboxylic acids is 3. The number of Topliss-reactive ketones (excluding diaryl/α,β-unsaturated/α-hetero) is 1. The fraction of sp³-hybridized carbons (Fsp3) is 0.182. The van der Waals surface area contributed by atoms with E-state index in [1.165, 1.54) is 12.1 Å². The van der Waals surface area contributed by atoms with E-state index in [-0.39, 0.29) is 22.4 Å². The number of ether oxygens (including phenoxy) is 2. The average molecular weight is 497 g/mol. The number of amides is 1. The smallest absolute Gasteiger partial charge is 0.355 e. The molecule has 1 atom stereocenters. The van der Waals surface area contributed by atoms with Crippen molar-refractivity contribution in [3.05, 3.63) is 63.9 Å². The highest BCUT2D eigenvalue weighted by molar-refractivity contribution is 6.53. The Labute approximate surface area is 203 Å². The number of carbonyl (C=O) groups is 3. The molecular formula is C22H21N6O8-. The first kappa shape index (κ1) is 25.5. The summed E-state index contributed by atoms with van der Waals surface area (Å²) in [5, 5.41) is 38.1. The molecule has 1 aromatic rings. The summed E-state index contributed by atoms with van der Waals surface area (Å²) in [5.41, 5.74) is -0.890. The second-order valence-corrected chi connectivity index (χ2v) is 7.12. The fourth-order valence-corrected chi connectivity index (χ4v) is 3.30. The van der Waals surface area contributed by atoms with Crippen LogP contribution in [0.5, 0.6) is 11.6 Å². The first-order valence-electron chi connectivity index (χ1n) is 10.3. The number of H-pyrrole nitrogens is 1. The largest absolute Gasteiger partial charge is 0.612 e. The highest BCUT2D eigenvalue weighted by atomic mass is 16.8. The summed E-state index contributed by atoms with van der Waals surface area (Å²) in [6.07, 6.45) is 0. The molecule has 0 radical (unpaired) electrons. The molecule has 0 saturated heterocycles. The maximum absolute atomic E-state index is 13.3. The van der Waals surface area contributed by atoms with Gasteiger partial charge in [0.2, 0.25) is 17.0 Å². The minimum atomic E-state index is -1.89. The third kappa shape index (κ3) is 5.16. The lowest BCUT2D eigenvalue weighted by atomic mass is 9.92. The number of ketones is 1. The number of esters is 1. The zero-order valence-electron chi connectivity index (χ0n) is 19.0. The number of aromatic amines is 1. The normalized spacial score (nSPS) is 12.0. The Balaban J connectivity index is 2.12. The van der Waals surface area contributed by atoms with Crippen LogP contribution in [0.4, 0.5) is 5.69 Å². The van der Waals surface area contributed by atoms with Crippen LogP contribution in [-0.4, -0.2) is 52.2 Å². The first-order chi connectivity index (χ1) is 17.2. The molecule has 1 heterocycles. The molecule has 1 amide bonds. The van der Waals surface area contributed by atoms with E-state index < -0.39 is 45.8 Å². The summed E-state index contributed by atoms with van der Waals surface area (Å²) in [6.45, 7) is 2.03. The van der Waals surface area contributed by atoms with E-state index in [4.69, 9.17) is 10.6 Å². The van der Waals surface area contributed by atoms with Crippen LogP contribution in [0.25, 0.3) is 11.4 Å². The molecule has 36 heavy (non-hydrogen) atoms. The summed E-state index contributed by atoms with van der Waals surface area (Å²) in [4.78, 5) is 44.6. The molecule has 0 spiro atoms. The van der Waals surface area contributed by atoms with Crippen molar-refractivity contribution in [2.45, 2.75) is 12.8 Å². The van der Waals surface area contributed by atoms with Crippen molar-refractivity contribution in [2.24, 2.45) is 10.9 Å². The third-order valence-electron chi connectivity index (χ3n) is 4.93. The van der Waals surface area contributed by atoms with Gasteiger partial charge in [-0.3, -0.25) is 9.59 Å². The molecule has 0 saturated carbocycles. The van der Waals surface area contributed by atoms with Crippen molar-refractivity contribution in [1.82, 2.24) is 14.9 Å². The van der Waals surface area contributed by atoms with Crippen LogP contribution in [0.2, 0.25) is 0 Å². The number of aromatic nitrogens is 2. The fourth-order valence-electron chi connectivity index (χ4n) is 3.30. The highest BCUT2D eigenvalue weighted by Gasteiger charge is 2.39. The van der Waals surface area contributed by atoms with Crippen LogP contribution in [0.15, 0.2) is 47.6 Å². The van der Waals surface area contributed by atoms with Gasteiger partial charge in [-0.15, -0.1) is 0 Å². The zero-order chi connectivity index (χ0) is 26.4. The Bertz CT molecular complexity index is 1380. The number of nitrogens with two attached hydrogens (primary N) is 1. The van der Waals surface area contributed by atoms with E-state index in [1.54, 1.807) is 25.1 Å². The molecule has 0 aromatic heterocycles. The second kappa shape index (κ2) is 10.9. The van der Waals surface area contributed by atoms with Gasteiger partial charge in [-0.25, -0.2) is 9.78 Å². The van der Waals surface area contributed by atoms with Gasteiger partial charge in [0.05, 0.1) is 30.8 Å². The minimum absolute atomic E-state index is 0.0519. The Morgan fingerprint density at radius 2 is 1.97 bits per heavy atom. The molecule has 5 N–H and O–H groups in total. The van der Waals surface area contributed by atoms with Crippen molar-refractivity contribution < 1.29 is 29.0 Å². The lowest BCUT2D eigenvalue weighted by Crippen LogP contribution is -2.37. The Morgan fingerprint density at radius 3 is 2.61 bits per heavy atom. The predicted molar refractivity (Wildman–Crippen MR) is 127 cm³/mol. The molecule has 0 fully saturated rings. The number of hydrazone groups is 1. The molecule has 1 aromatic carbocycles. The summed E-state index contributed by atoms with van der Waals surface area (Å²) in [7, 11) is 1.01. The van der Waals surface area contributed by atoms with Crippen LogP contribution in [0, 0.1) is 10.4 Å². The maximum Gasteiger partial charge on any atom is 0.355 e. The summed E-state index contributed by atoms with van der Waals surface area (Å²) in [6, 6.07) is 9.85. The quantitative estimate of drug-likeness (QED) is 0.109. The van der Waals surface area contributed by atoms with E-state index in [0.29, 0.717) is 12.4 Å². The van der Waals surface area contributed by atoms with Gasteiger partial charge in [0.25, 0.3) is 5.91 Å². The van der Waals surface area contributed by atoms with Crippen LogP contribution in [0.1, 0.15) is 18.5 Å². The standard InChI is InChI=1S/C22H21N6O8/c1-3-36-15-7-5-4-6-13(15)25-21(31)19(29)16(18(27-23)22(32)35-2)17-20(30)26-14-10-11(28(33)34)8-9-12(14)24-17/h4-10,16H,3H2,1-2H3,(H5-,23,24,25,26,27,29,30,31,32,33,34)/q-1. The molecule has 14 heteroatoms. The van der Waals surface area contributed by atoms with Gasteiger partial charge in [0, 0.05) is 12.1 Å². The number of para-hydroxylation sites is 2. The van der Waals surface area contributed by atoms with Gasteiger partial charge < -0.3 is 41.1 Å². The average Bonchev–Trinajstić information content (AvgIpc) is 2.87. The van der Waals surface area contributed by atoms with Gasteiger partial charge >= 0.3 is 5.97 Å². The number of fused-ring (bicyclic) bond motifs is 1. The monoisotopic (exact) mass is 497 g/mol. The number of aromatic hydroxyl groups is 1. The van der Waals surface area contributed by atoms with Crippen molar-refractivity contribution >= 4 is 29.1 Å². The summed E-state index contributed by atoms with van der Waals surface area (Å²) < 4.78 is 10.1. The van der Waals surface area contributed by atoms with E-state index in [9.17, 15) is 29.9 Å². The van der Waals surface area contributed by atoms with Gasteiger partial charge in [-0.2, -0.15) is 10.0 Å². The maximum atomic E-state index is 13.3. The minimum Gasteiger partial charge on any atom is -0.612 e. The van der Waals surface area contributed by atoms with Gasteiger partial charge in [0.1, 0.15) is 17.4 Å². The lowest BCUT2D eigenvalue weighted by Gasteiger charge is -2.19. The molecule has 3 rings (SSSR count). The number of nitrogens with zero attached hydrogens (tertiary/aromatic N) is 3. The Hall–Kier alpha value is -5.14. The topological polar surface area (TPSA) is 218 Å². The van der Waals surface area contributed by atoms with E-state index in [0.717, 1.165) is 19.2 Å². The molecule has 1 unspecified atom stereocenters. The summed E-state index contributed by atoms with van der Waals surface area (Å²) >= 11 is 0. The lowest BCUT2D eigenvalue weighted by molar-refractivity contribution is -0.136. The van der Waals surface area contributed by atoms with E-state index in [1.807, 2.05) is 0 Å². The molecule has 2 aliphatic rings. The van der Waals surface area contributed by atoms with Crippen LogP contribution >= 0.6 is 0 Å². The molecule has 14 nitrogen and oxygen atoms in total. The molecule has 1 aliphatic heterocycles. The highest BCUT2D eigenvalue weighted by Crippen LogP contribution is 2.30.